The average molecular weight is 683 g/mol. The number of anilines is 2. The predicted octanol–water partition coefficient (Wildman–Crippen LogP) is 4.64. The summed E-state index contributed by atoms with van der Waals surface area (Å²) in [6.45, 7) is 11.1. The van der Waals surface area contributed by atoms with Crippen LogP contribution < -0.4 is 20.1 Å². The van der Waals surface area contributed by atoms with Crippen LogP contribution in [0, 0.1) is 21.4 Å². The van der Waals surface area contributed by atoms with E-state index in [2.05, 4.69) is 21.6 Å². The van der Waals surface area contributed by atoms with Crippen LogP contribution >= 0.6 is 22.6 Å². The van der Waals surface area contributed by atoms with Crippen LogP contribution in [0.25, 0.3) is 11.4 Å². The first kappa shape index (κ1) is 29.9. The van der Waals surface area contributed by atoms with Gasteiger partial charge in [0, 0.05) is 27.8 Å². The van der Waals surface area contributed by atoms with Gasteiger partial charge in [-0.15, -0.1) is 0 Å². The Morgan fingerprint density at radius 3 is 2.60 bits per heavy atom. The molecule has 3 N–H and O–H groups in total. The molecule has 1 amide bonds. The summed E-state index contributed by atoms with van der Waals surface area (Å²) < 4.78 is 48.8. The van der Waals surface area contributed by atoms with Crippen molar-refractivity contribution >= 4 is 50.2 Å². The number of nitrogens with zero attached hydrogens (tertiary/aromatic N) is 4. The highest BCUT2D eigenvalue weighted by Gasteiger charge is 2.40. The molecule has 214 valence electrons. The molecule has 3 aromatic heterocycles. The molecule has 1 aliphatic rings. The lowest BCUT2D eigenvalue weighted by Crippen LogP contribution is -2.41. The van der Waals surface area contributed by atoms with E-state index in [0.717, 1.165) is 6.42 Å². The lowest BCUT2D eigenvalue weighted by Gasteiger charge is -2.34. The van der Waals surface area contributed by atoms with E-state index in [4.69, 9.17) is 15.5 Å². The fraction of sp³-hybridized carbons (Fsp3) is 0.407. The van der Waals surface area contributed by atoms with Crippen molar-refractivity contribution in [2.45, 2.75) is 51.6 Å². The number of nitrogens with two attached hydrogens (primary N) is 1. The standard InChI is InChI=1S/C27H32FIN6O4S/c1-15(2)14-39-17-9-20(31-21(28)10-17)24-19(29)11-18(25(33-24)35-13-16(3)12-27(35,4)5)26(36)34-40(37,38)23-8-6-7-22(30)32-23/h6-11,15-16H,12-14H2,1-5H3,(H2,30,32)(H,34,36)/t16-/m0/s1. The van der Waals surface area contributed by atoms with Crippen LogP contribution in [-0.4, -0.2) is 48.0 Å². The number of pyridine rings is 3. The molecule has 0 spiro atoms. The maximum atomic E-state index is 14.6. The van der Waals surface area contributed by atoms with Gasteiger partial charge in [0.2, 0.25) is 5.95 Å². The molecule has 40 heavy (non-hydrogen) atoms. The third-order valence-corrected chi connectivity index (χ3v) is 8.42. The van der Waals surface area contributed by atoms with Crippen LogP contribution in [0.3, 0.4) is 0 Å². The van der Waals surface area contributed by atoms with E-state index in [0.29, 0.717) is 34.1 Å². The highest BCUT2D eigenvalue weighted by Crippen LogP contribution is 2.39. The summed E-state index contributed by atoms with van der Waals surface area (Å²) >= 11 is 1.98. The van der Waals surface area contributed by atoms with Crippen LogP contribution in [0.5, 0.6) is 5.75 Å². The van der Waals surface area contributed by atoms with E-state index in [1.807, 2.05) is 55.2 Å². The molecule has 0 bridgehead atoms. The summed E-state index contributed by atoms with van der Waals surface area (Å²) in [5, 5.41) is -0.380. The van der Waals surface area contributed by atoms with Crippen LogP contribution in [0.15, 0.2) is 41.4 Å². The second-order valence-corrected chi connectivity index (χ2v) is 13.8. The number of ether oxygens (including phenoxy) is 1. The fourth-order valence-electron chi connectivity index (χ4n) is 4.74. The Bertz CT molecular complexity index is 1550. The lowest BCUT2D eigenvalue weighted by molar-refractivity contribution is 0.0981. The fourth-order valence-corrected chi connectivity index (χ4v) is 6.39. The van der Waals surface area contributed by atoms with Crippen LogP contribution in [0.2, 0.25) is 0 Å². The highest BCUT2D eigenvalue weighted by atomic mass is 127. The Hall–Kier alpha value is -3.07. The van der Waals surface area contributed by atoms with Gasteiger partial charge in [0.15, 0.2) is 5.03 Å². The van der Waals surface area contributed by atoms with Crippen LogP contribution in [-0.2, 0) is 10.0 Å². The van der Waals surface area contributed by atoms with Gasteiger partial charge in [-0.25, -0.2) is 19.7 Å². The number of nitrogens with one attached hydrogen (secondary N) is 1. The summed E-state index contributed by atoms with van der Waals surface area (Å²) in [6.07, 6.45) is 0.827. The van der Waals surface area contributed by atoms with E-state index >= 15 is 0 Å². The molecule has 4 rings (SSSR count). The summed E-state index contributed by atoms with van der Waals surface area (Å²) in [5.41, 5.74) is 5.89. The highest BCUT2D eigenvalue weighted by molar-refractivity contribution is 14.1. The lowest BCUT2D eigenvalue weighted by atomic mass is 9.97. The van der Waals surface area contributed by atoms with Gasteiger partial charge >= 0.3 is 0 Å². The van der Waals surface area contributed by atoms with Gasteiger partial charge in [-0.2, -0.15) is 12.8 Å². The SMILES string of the molecule is CC(C)COc1cc(F)nc(-c2nc(N3C[C@@H](C)CC3(C)C)c(C(=O)NS(=O)(=O)c3cccc(N)n3)cc2I)c1. The molecule has 0 aromatic carbocycles. The third-order valence-electron chi connectivity index (χ3n) is 6.37. The number of hydrogen-bond acceptors (Lipinski definition) is 9. The summed E-state index contributed by atoms with van der Waals surface area (Å²) in [4.78, 5) is 28.2. The normalized spacial score (nSPS) is 16.8. The van der Waals surface area contributed by atoms with E-state index in [1.165, 1.54) is 30.3 Å². The van der Waals surface area contributed by atoms with Crippen molar-refractivity contribution in [1.82, 2.24) is 19.7 Å². The number of sulfonamides is 1. The van der Waals surface area contributed by atoms with Crippen molar-refractivity contribution in [2.75, 3.05) is 23.8 Å². The summed E-state index contributed by atoms with van der Waals surface area (Å²) in [6, 6.07) is 8.48. The monoisotopic (exact) mass is 682 g/mol. The van der Waals surface area contributed by atoms with Gasteiger partial charge in [-0.3, -0.25) is 4.79 Å². The van der Waals surface area contributed by atoms with Gasteiger partial charge < -0.3 is 15.4 Å². The topological polar surface area (TPSA) is 140 Å². The Morgan fingerprint density at radius 2 is 1.98 bits per heavy atom. The van der Waals surface area contributed by atoms with E-state index in [1.54, 1.807) is 6.07 Å². The van der Waals surface area contributed by atoms with Gasteiger partial charge in [0.25, 0.3) is 15.9 Å². The van der Waals surface area contributed by atoms with E-state index in [9.17, 15) is 17.6 Å². The maximum absolute atomic E-state index is 14.6. The Balaban J connectivity index is 1.82. The van der Waals surface area contributed by atoms with Crippen LogP contribution in [0.4, 0.5) is 16.0 Å². The largest absolute Gasteiger partial charge is 0.493 e. The average Bonchev–Trinajstić information content (AvgIpc) is 3.13. The second kappa shape index (κ2) is 11.4. The zero-order valence-corrected chi connectivity index (χ0v) is 25.9. The van der Waals surface area contributed by atoms with Crippen molar-refractivity contribution in [3.8, 4) is 17.1 Å². The number of aromatic nitrogens is 3. The number of hydrogen-bond donors (Lipinski definition) is 2. The molecule has 1 fully saturated rings. The molecule has 0 radical (unpaired) electrons. The minimum atomic E-state index is -4.33. The first-order valence-electron chi connectivity index (χ1n) is 12.7. The maximum Gasteiger partial charge on any atom is 0.281 e. The Labute approximate surface area is 247 Å². The quantitative estimate of drug-likeness (QED) is 0.257. The number of halogens is 2. The summed E-state index contributed by atoms with van der Waals surface area (Å²) in [7, 11) is -4.33. The van der Waals surface area contributed by atoms with Gasteiger partial charge in [-0.1, -0.05) is 26.8 Å². The minimum absolute atomic E-state index is 0.00345. The molecule has 1 saturated heterocycles. The van der Waals surface area contributed by atoms with Gasteiger partial charge in [0.1, 0.15) is 23.1 Å². The molecule has 0 aliphatic carbocycles. The molecule has 1 atom stereocenters. The smallest absolute Gasteiger partial charge is 0.281 e. The molecule has 3 aromatic rings. The van der Waals surface area contributed by atoms with Gasteiger partial charge in [-0.05, 0) is 72.9 Å². The van der Waals surface area contributed by atoms with Crippen molar-refractivity contribution in [3.05, 3.63) is 51.5 Å². The van der Waals surface area contributed by atoms with Crippen LogP contribution in [0.1, 0.15) is 51.4 Å². The Morgan fingerprint density at radius 1 is 1.25 bits per heavy atom. The molecule has 13 heteroatoms. The molecule has 0 unspecified atom stereocenters. The number of carbonyl (C=O) groups excluding carboxylic acids is 1. The third kappa shape index (κ3) is 6.62. The number of amides is 1. The molecule has 1 aliphatic heterocycles. The van der Waals surface area contributed by atoms with E-state index < -0.39 is 21.9 Å². The predicted molar refractivity (Wildman–Crippen MR) is 159 cm³/mol. The number of carbonyl (C=O) groups is 1. The van der Waals surface area contributed by atoms with Gasteiger partial charge in [0.05, 0.1) is 17.9 Å². The zero-order valence-electron chi connectivity index (χ0n) is 22.9. The molecular formula is C27H32FIN6O4S. The van der Waals surface area contributed by atoms with Crippen molar-refractivity contribution in [2.24, 2.45) is 11.8 Å². The van der Waals surface area contributed by atoms with Crippen molar-refractivity contribution < 1.29 is 22.3 Å². The number of rotatable bonds is 8. The molecule has 4 heterocycles. The number of nitrogen functional groups attached to an aromatic ring is 1. The first-order chi connectivity index (χ1) is 18.7. The minimum Gasteiger partial charge on any atom is -0.493 e. The molecule has 10 nitrogen and oxygen atoms in total. The van der Waals surface area contributed by atoms with Crippen molar-refractivity contribution in [3.63, 3.8) is 0 Å². The molecule has 0 saturated carbocycles. The van der Waals surface area contributed by atoms with E-state index in [-0.39, 0.29) is 39.4 Å². The van der Waals surface area contributed by atoms with Crippen molar-refractivity contribution in [1.29, 1.82) is 0 Å². The first-order valence-corrected chi connectivity index (χ1v) is 15.3. The molecular weight excluding hydrogens is 650 g/mol. The summed E-state index contributed by atoms with van der Waals surface area (Å²) in [5.74, 6) is -0.488. The second-order valence-electron chi connectivity index (χ2n) is 11.0. The Kier molecular flexibility index (Phi) is 8.54. The zero-order chi connectivity index (χ0) is 29.4.